The van der Waals surface area contributed by atoms with Gasteiger partial charge in [0, 0.05) is 23.1 Å². The Kier molecular flexibility index (Phi) is 10.0. The zero-order chi connectivity index (χ0) is 23.0. The maximum atomic E-state index is 12.2. The Morgan fingerprint density at radius 3 is 1.52 bits per heavy atom. The minimum Gasteiger partial charge on any atom is -0.479 e. The van der Waals surface area contributed by atoms with Gasteiger partial charge in [-0.15, -0.1) is 0 Å². The molecular weight excluding hydrogens is 486 g/mol. The second-order valence-corrected chi connectivity index (χ2v) is 8.29. The fourth-order valence-corrected chi connectivity index (χ4v) is 3.33. The van der Waals surface area contributed by atoms with Crippen LogP contribution >= 0.6 is 46.4 Å². The monoisotopic (exact) mass is 506 g/mol. The molecule has 0 aromatic heterocycles. The SMILES string of the molecule is CC(Oc1ccc(Cl)cc1Cl)C(=O)NCCCNC(=O)C(C)Oc1ccc(Cl)cc1Cl. The van der Waals surface area contributed by atoms with Gasteiger partial charge in [0.05, 0.1) is 10.0 Å². The first-order valence-electron chi connectivity index (χ1n) is 9.46. The standard InChI is InChI=1S/C21H22Cl4N2O4/c1-12(30-18-6-4-14(22)10-16(18)24)20(28)26-8-3-9-27-21(29)13(2)31-19-7-5-15(23)11-17(19)25/h4-7,10-13H,3,8-9H2,1-2H3,(H,26,28)(H,27,29). The predicted molar refractivity (Wildman–Crippen MR) is 124 cm³/mol. The number of benzene rings is 2. The molecule has 2 aromatic carbocycles. The van der Waals surface area contributed by atoms with Gasteiger partial charge in [0.25, 0.3) is 11.8 Å². The number of carbonyl (C=O) groups excluding carboxylic acids is 2. The van der Waals surface area contributed by atoms with E-state index in [9.17, 15) is 9.59 Å². The summed E-state index contributed by atoms with van der Waals surface area (Å²) in [6.07, 6.45) is -0.961. The van der Waals surface area contributed by atoms with Crippen LogP contribution in [-0.2, 0) is 9.59 Å². The molecular formula is C21H22Cl4N2O4. The first-order valence-corrected chi connectivity index (χ1v) is 11.0. The van der Waals surface area contributed by atoms with E-state index < -0.39 is 12.2 Å². The fourth-order valence-electron chi connectivity index (χ4n) is 2.43. The largest absolute Gasteiger partial charge is 0.479 e. The average molecular weight is 508 g/mol. The third kappa shape index (κ3) is 8.30. The summed E-state index contributed by atoms with van der Waals surface area (Å²) >= 11 is 23.8. The number of hydrogen-bond donors (Lipinski definition) is 2. The van der Waals surface area contributed by atoms with Gasteiger partial charge in [0.15, 0.2) is 12.2 Å². The van der Waals surface area contributed by atoms with E-state index >= 15 is 0 Å². The number of carbonyl (C=O) groups is 2. The second-order valence-electron chi connectivity index (χ2n) is 6.61. The van der Waals surface area contributed by atoms with Crippen LogP contribution in [0.4, 0.5) is 0 Å². The first-order chi connectivity index (χ1) is 14.7. The lowest BCUT2D eigenvalue weighted by molar-refractivity contribution is -0.127. The number of rotatable bonds is 10. The summed E-state index contributed by atoms with van der Waals surface area (Å²) in [6, 6.07) is 9.53. The highest BCUT2D eigenvalue weighted by Crippen LogP contribution is 2.29. The van der Waals surface area contributed by atoms with Crippen molar-refractivity contribution >= 4 is 58.2 Å². The van der Waals surface area contributed by atoms with Gasteiger partial charge < -0.3 is 20.1 Å². The topological polar surface area (TPSA) is 76.7 Å². The summed E-state index contributed by atoms with van der Waals surface area (Å²) in [6.45, 7) is 3.95. The third-order valence-electron chi connectivity index (χ3n) is 4.09. The van der Waals surface area contributed by atoms with Crippen molar-refractivity contribution in [2.45, 2.75) is 32.5 Å². The fraction of sp³-hybridized carbons (Fsp3) is 0.333. The Labute approximate surface area is 201 Å². The van der Waals surface area contributed by atoms with Gasteiger partial charge in [-0.05, 0) is 56.7 Å². The molecule has 31 heavy (non-hydrogen) atoms. The van der Waals surface area contributed by atoms with Gasteiger partial charge in [-0.3, -0.25) is 9.59 Å². The third-order valence-corrected chi connectivity index (χ3v) is 5.15. The number of halogens is 4. The van der Waals surface area contributed by atoms with Crippen molar-refractivity contribution in [2.24, 2.45) is 0 Å². The van der Waals surface area contributed by atoms with E-state index in [-0.39, 0.29) is 11.8 Å². The maximum Gasteiger partial charge on any atom is 0.260 e. The lowest BCUT2D eigenvalue weighted by atomic mass is 10.3. The molecule has 6 nitrogen and oxygen atoms in total. The smallest absolute Gasteiger partial charge is 0.260 e. The van der Waals surface area contributed by atoms with E-state index in [4.69, 9.17) is 55.9 Å². The van der Waals surface area contributed by atoms with Crippen molar-refractivity contribution in [3.05, 3.63) is 56.5 Å². The van der Waals surface area contributed by atoms with E-state index in [2.05, 4.69) is 10.6 Å². The van der Waals surface area contributed by atoms with E-state index in [1.54, 1.807) is 38.1 Å². The Balaban J connectivity index is 1.67. The van der Waals surface area contributed by atoms with Crippen molar-refractivity contribution in [2.75, 3.05) is 13.1 Å². The van der Waals surface area contributed by atoms with Gasteiger partial charge in [-0.2, -0.15) is 0 Å². The molecule has 2 N–H and O–H groups in total. The molecule has 0 radical (unpaired) electrons. The highest BCUT2D eigenvalue weighted by Gasteiger charge is 2.17. The molecule has 0 aliphatic rings. The van der Waals surface area contributed by atoms with Gasteiger partial charge >= 0.3 is 0 Å². The Morgan fingerprint density at radius 1 is 0.774 bits per heavy atom. The predicted octanol–water partition coefficient (Wildman–Crippen LogP) is 5.16. The lowest BCUT2D eigenvalue weighted by Crippen LogP contribution is -2.40. The van der Waals surface area contributed by atoms with Gasteiger partial charge in [-0.25, -0.2) is 0 Å². The lowest BCUT2D eigenvalue weighted by Gasteiger charge is -2.17. The minimum absolute atomic E-state index is 0.300. The summed E-state index contributed by atoms with van der Waals surface area (Å²) in [5.41, 5.74) is 0. The first kappa shape index (κ1) is 25.4. The second kappa shape index (κ2) is 12.2. The molecule has 2 amide bonds. The molecule has 0 heterocycles. The van der Waals surface area contributed by atoms with E-state index in [0.29, 0.717) is 51.1 Å². The van der Waals surface area contributed by atoms with Gasteiger partial charge in [-0.1, -0.05) is 46.4 Å². The minimum atomic E-state index is -0.745. The van der Waals surface area contributed by atoms with Crippen molar-refractivity contribution in [1.29, 1.82) is 0 Å². The van der Waals surface area contributed by atoms with E-state index in [0.717, 1.165) is 0 Å². The Bertz CT molecular complexity index is 853. The van der Waals surface area contributed by atoms with Gasteiger partial charge in [0.1, 0.15) is 11.5 Å². The summed E-state index contributed by atoms with van der Waals surface area (Å²) in [7, 11) is 0. The molecule has 0 saturated heterocycles. The molecule has 0 fully saturated rings. The normalized spacial score (nSPS) is 12.6. The van der Waals surface area contributed by atoms with E-state index in [1.165, 1.54) is 12.1 Å². The van der Waals surface area contributed by atoms with Crippen LogP contribution in [-0.4, -0.2) is 37.1 Å². The highest BCUT2D eigenvalue weighted by atomic mass is 35.5. The van der Waals surface area contributed by atoms with Crippen LogP contribution in [0, 0.1) is 0 Å². The average Bonchev–Trinajstić information content (AvgIpc) is 2.71. The van der Waals surface area contributed by atoms with E-state index in [1.807, 2.05) is 0 Å². The van der Waals surface area contributed by atoms with Crippen molar-refractivity contribution in [3.63, 3.8) is 0 Å². The van der Waals surface area contributed by atoms with Crippen LogP contribution in [0.15, 0.2) is 36.4 Å². The summed E-state index contributed by atoms with van der Waals surface area (Å²) in [5, 5.41) is 7.10. The molecule has 0 spiro atoms. The molecule has 168 valence electrons. The van der Waals surface area contributed by atoms with Crippen molar-refractivity contribution < 1.29 is 19.1 Å². The zero-order valence-corrected chi connectivity index (χ0v) is 19.9. The van der Waals surface area contributed by atoms with Crippen LogP contribution in [0.5, 0.6) is 11.5 Å². The van der Waals surface area contributed by atoms with Crippen molar-refractivity contribution in [3.8, 4) is 11.5 Å². The number of nitrogens with one attached hydrogen (secondary N) is 2. The van der Waals surface area contributed by atoms with Crippen LogP contribution in [0.1, 0.15) is 20.3 Å². The molecule has 2 aromatic rings. The molecule has 0 saturated carbocycles. The van der Waals surface area contributed by atoms with Crippen LogP contribution in [0.3, 0.4) is 0 Å². The molecule has 2 atom stereocenters. The highest BCUT2D eigenvalue weighted by molar-refractivity contribution is 6.36. The summed E-state index contributed by atoms with van der Waals surface area (Å²) < 4.78 is 11.1. The molecule has 0 bridgehead atoms. The number of hydrogen-bond acceptors (Lipinski definition) is 4. The molecule has 2 rings (SSSR count). The molecule has 0 aliphatic heterocycles. The zero-order valence-electron chi connectivity index (χ0n) is 16.9. The van der Waals surface area contributed by atoms with Crippen LogP contribution in [0.25, 0.3) is 0 Å². The van der Waals surface area contributed by atoms with Crippen LogP contribution < -0.4 is 20.1 Å². The Morgan fingerprint density at radius 2 is 1.16 bits per heavy atom. The Hall–Kier alpha value is -1.86. The molecule has 2 unspecified atom stereocenters. The number of ether oxygens (including phenoxy) is 2. The van der Waals surface area contributed by atoms with Crippen LogP contribution in [0.2, 0.25) is 20.1 Å². The van der Waals surface area contributed by atoms with Gasteiger partial charge in [0.2, 0.25) is 0 Å². The maximum absolute atomic E-state index is 12.2. The summed E-state index contributed by atoms with van der Waals surface area (Å²) in [5.74, 6) is 0.143. The molecule has 0 aliphatic carbocycles. The van der Waals surface area contributed by atoms with Crippen molar-refractivity contribution in [1.82, 2.24) is 10.6 Å². The molecule has 10 heteroatoms. The quantitative estimate of drug-likeness (QED) is 0.435. The summed E-state index contributed by atoms with van der Waals surface area (Å²) in [4.78, 5) is 24.3. The number of amides is 2.